The summed E-state index contributed by atoms with van der Waals surface area (Å²) in [5.41, 5.74) is 0.797. The van der Waals surface area contributed by atoms with Crippen LogP contribution in [0.2, 0.25) is 0 Å². The number of rotatable bonds is 5. The van der Waals surface area contributed by atoms with E-state index in [1.54, 1.807) is 37.4 Å². The number of hydrogen-bond acceptors (Lipinski definition) is 4. The molecule has 6 nitrogen and oxygen atoms in total. The predicted molar refractivity (Wildman–Crippen MR) is 123 cm³/mol. The van der Waals surface area contributed by atoms with E-state index in [1.165, 1.54) is 41.1 Å². The number of carbonyl (C=O) groups excluding carboxylic acids is 1. The number of halogens is 2. The molecular weight excluding hydrogens is 440 g/mol. The van der Waals surface area contributed by atoms with Gasteiger partial charge in [0.25, 0.3) is 5.56 Å². The maximum atomic E-state index is 14.8. The van der Waals surface area contributed by atoms with Crippen molar-refractivity contribution in [2.45, 2.75) is 25.8 Å². The van der Waals surface area contributed by atoms with Gasteiger partial charge in [0.2, 0.25) is 0 Å². The molecule has 5 rings (SSSR count). The van der Waals surface area contributed by atoms with Crippen molar-refractivity contribution >= 4 is 16.9 Å². The van der Waals surface area contributed by atoms with Crippen LogP contribution in [-0.2, 0) is 0 Å². The fourth-order valence-electron chi connectivity index (χ4n) is 4.27. The minimum atomic E-state index is -0.772. The van der Waals surface area contributed by atoms with Crippen molar-refractivity contribution in [3.63, 3.8) is 0 Å². The number of carbonyl (C=O) groups is 1. The van der Waals surface area contributed by atoms with E-state index in [0.717, 1.165) is 12.8 Å². The number of benzene rings is 2. The van der Waals surface area contributed by atoms with E-state index in [9.17, 15) is 18.4 Å². The van der Waals surface area contributed by atoms with Crippen LogP contribution in [0.1, 0.15) is 30.1 Å². The molecule has 8 heteroatoms. The quantitative estimate of drug-likeness (QED) is 0.443. The Morgan fingerprint density at radius 1 is 1.15 bits per heavy atom. The summed E-state index contributed by atoms with van der Waals surface area (Å²) in [4.78, 5) is 30.2. The van der Waals surface area contributed by atoms with Crippen LogP contribution >= 0.6 is 0 Å². The monoisotopic (exact) mass is 461 g/mol. The number of hydrogen-bond donors (Lipinski definition) is 1. The molecule has 172 valence electrons. The first-order valence-corrected chi connectivity index (χ1v) is 10.9. The van der Waals surface area contributed by atoms with Crippen LogP contribution in [0.15, 0.2) is 71.8 Å². The first kappa shape index (κ1) is 21.8. The third kappa shape index (κ3) is 4.03. The van der Waals surface area contributed by atoms with Gasteiger partial charge in [-0.15, -0.1) is 0 Å². The van der Waals surface area contributed by atoms with Crippen molar-refractivity contribution in [3.05, 3.63) is 100 Å². The Morgan fingerprint density at radius 2 is 1.94 bits per heavy atom. The summed E-state index contributed by atoms with van der Waals surface area (Å²) in [6.07, 6.45) is 4.06. The Balaban J connectivity index is 1.56. The molecule has 0 saturated heterocycles. The summed E-state index contributed by atoms with van der Waals surface area (Å²) in [5, 5.41) is 2.83. The van der Waals surface area contributed by atoms with Gasteiger partial charge in [-0.3, -0.25) is 14.3 Å². The van der Waals surface area contributed by atoms with Crippen LogP contribution in [0.5, 0.6) is 5.75 Å². The van der Waals surface area contributed by atoms with Gasteiger partial charge in [-0.1, -0.05) is 24.3 Å². The van der Waals surface area contributed by atoms with Crippen LogP contribution in [0.25, 0.3) is 16.5 Å². The van der Waals surface area contributed by atoms with Crippen LogP contribution in [-0.4, -0.2) is 15.6 Å². The van der Waals surface area contributed by atoms with Gasteiger partial charge in [-0.25, -0.2) is 13.6 Å². The first-order chi connectivity index (χ1) is 16.4. The third-order valence-corrected chi connectivity index (χ3v) is 6.01. The molecule has 34 heavy (non-hydrogen) atoms. The Labute approximate surface area is 193 Å². The average molecular weight is 461 g/mol. The minimum absolute atomic E-state index is 0.0595. The van der Waals surface area contributed by atoms with E-state index >= 15 is 0 Å². The van der Waals surface area contributed by atoms with E-state index in [2.05, 4.69) is 10.3 Å². The lowest BCUT2D eigenvalue weighted by atomic mass is 10.0. The van der Waals surface area contributed by atoms with Gasteiger partial charge in [0.15, 0.2) is 5.75 Å². The Morgan fingerprint density at radius 3 is 2.65 bits per heavy atom. The van der Waals surface area contributed by atoms with Crippen molar-refractivity contribution in [2.24, 2.45) is 5.92 Å². The fourth-order valence-corrected chi connectivity index (χ4v) is 4.27. The molecule has 2 aromatic carbocycles. The van der Waals surface area contributed by atoms with Crippen molar-refractivity contribution in [2.75, 3.05) is 0 Å². The number of fused-ring (bicyclic) bond motifs is 1. The van der Waals surface area contributed by atoms with Crippen molar-refractivity contribution < 1.29 is 18.3 Å². The molecule has 0 bridgehead atoms. The number of nitrogens with zero attached hydrogens (tertiary/aromatic N) is 2. The highest BCUT2D eigenvalue weighted by Crippen LogP contribution is 2.41. The molecule has 1 N–H and O–H groups in total. The van der Waals surface area contributed by atoms with E-state index in [4.69, 9.17) is 4.74 Å². The van der Waals surface area contributed by atoms with E-state index < -0.39 is 23.5 Å². The number of nitrogens with one attached hydrogen (secondary N) is 1. The van der Waals surface area contributed by atoms with Gasteiger partial charge < -0.3 is 10.1 Å². The van der Waals surface area contributed by atoms with Gasteiger partial charge in [-0.05, 0) is 61.6 Å². The second kappa shape index (κ2) is 8.70. The van der Waals surface area contributed by atoms with Gasteiger partial charge in [0, 0.05) is 11.6 Å². The SMILES string of the molecule is Cc1c(OC(=O)N[C@H](c2cccc(F)c2)C2CC2)c2cccc(F)c2c(=O)n1-c1cccnc1. The van der Waals surface area contributed by atoms with Crippen LogP contribution in [0.4, 0.5) is 13.6 Å². The third-order valence-electron chi connectivity index (χ3n) is 6.01. The molecule has 4 aromatic rings. The topological polar surface area (TPSA) is 73.2 Å². The highest BCUT2D eigenvalue weighted by atomic mass is 19.1. The highest BCUT2D eigenvalue weighted by Gasteiger charge is 2.34. The molecule has 0 aliphatic heterocycles. The molecule has 0 radical (unpaired) electrons. The first-order valence-electron chi connectivity index (χ1n) is 10.9. The molecule has 1 fully saturated rings. The number of pyridine rings is 2. The molecule has 1 atom stereocenters. The van der Waals surface area contributed by atoms with E-state index in [-0.39, 0.29) is 28.3 Å². The van der Waals surface area contributed by atoms with Crippen molar-refractivity contribution in [1.82, 2.24) is 14.9 Å². The summed E-state index contributed by atoms with van der Waals surface area (Å²) >= 11 is 0. The number of ether oxygens (including phenoxy) is 1. The Bertz CT molecular complexity index is 1450. The van der Waals surface area contributed by atoms with Crippen molar-refractivity contribution in [1.29, 1.82) is 0 Å². The lowest BCUT2D eigenvalue weighted by Crippen LogP contribution is -2.33. The lowest BCUT2D eigenvalue weighted by Gasteiger charge is -2.21. The zero-order valence-electron chi connectivity index (χ0n) is 18.3. The smallest absolute Gasteiger partial charge is 0.408 e. The second-order valence-electron chi connectivity index (χ2n) is 8.33. The minimum Gasteiger partial charge on any atom is -0.408 e. The zero-order chi connectivity index (χ0) is 23.8. The predicted octanol–water partition coefficient (Wildman–Crippen LogP) is 5.21. The van der Waals surface area contributed by atoms with E-state index in [1.807, 2.05) is 0 Å². The van der Waals surface area contributed by atoms with Gasteiger partial charge >= 0.3 is 6.09 Å². The molecule has 1 aliphatic carbocycles. The summed E-state index contributed by atoms with van der Waals surface area (Å²) < 4.78 is 35.5. The lowest BCUT2D eigenvalue weighted by molar-refractivity contribution is 0.194. The summed E-state index contributed by atoms with van der Waals surface area (Å²) in [6.45, 7) is 1.62. The number of amides is 1. The molecule has 0 spiro atoms. The Hall–Kier alpha value is -4.07. The molecular formula is C26H21F2N3O3. The summed E-state index contributed by atoms with van der Waals surface area (Å²) in [6, 6.07) is 13.1. The molecule has 2 heterocycles. The van der Waals surface area contributed by atoms with Crippen LogP contribution in [0.3, 0.4) is 0 Å². The van der Waals surface area contributed by atoms with Crippen LogP contribution in [0, 0.1) is 24.5 Å². The maximum Gasteiger partial charge on any atom is 0.413 e. The van der Waals surface area contributed by atoms with Gasteiger partial charge in [0.1, 0.15) is 11.6 Å². The van der Waals surface area contributed by atoms with Gasteiger partial charge in [-0.2, -0.15) is 0 Å². The Kier molecular flexibility index (Phi) is 5.57. The number of aromatic nitrogens is 2. The molecule has 2 aromatic heterocycles. The fraction of sp³-hybridized carbons (Fsp3) is 0.192. The standard InChI is InChI=1S/C26H21F2N3O3/c1-15-24(34-26(33)30-23(16-10-11-16)17-5-2-6-18(27)13-17)20-8-3-9-21(28)22(20)25(32)31(15)19-7-4-12-29-14-19/h2-9,12-14,16,23H,10-11H2,1H3,(H,30,33)/t23-/m0/s1. The normalized spacial score (nSPS) is 14.1. The highest BCUT2D eigenvalue weighted by molar-refractivity contribution is 5.91. The molecule has 0 unspecified atom stereocenters. The average Bonchev–Trinajstić information content (AvgIpc) is 3.66. The van der Waals surface area contributed by atoms with Crippen LogP contribution < -0.4 is 15.6 Å². The van der Waals surface area contributed by atoms with Gasteiger partial charge in [0.05, 0.1) is 29.0 Å². The van der Waals surface area contributed by atoms with E-state index in [0.29, 0.717) is 16.9 Å². The molecule has 1 aliphatic rings. The van der Waals surface area contributed by atoms with Crippen molar-refractivity contribution in [3.8, 4) is 11.4 Å². The maximum absolute atomic E-state index is 14.8. The second-order valence-corrected chi connectivity index (χ2v) is 8.33. The molecule has 1 amide bonds. The summed E-state index contributed by atoms with van der Waals surface area (Å²) in [7, 11) is 0. The summed E-state index contributed by atoms with van der Waals surface area (Å²) in [5.74, 6) is -0.876. The largest absolute Gasteiger partial charge is 0.413 e. The molecule has 1 saturated carbocycles. The zero-order valence-corrected chi connectivity index (χ0v) is 18.3.